The van der Waals surface area contributed by atoms with E-state index in [1.807, 2.05) is 42.5 Å². The number of anilines is 2. The highest BCUT2D eigenvalue weighted by Crippen LogP contribution is 2.53. The first-order chi connectivity index (χ1) is 36.5. The molecule has 0 aliphatic heterocycles. The molecule has 5 saturated carbocycles. The third-order valence-electron chi connectivity index (χ3n) is 15.7. The Morgan fingerprint density at radius 3 is 0.886 bits per heavy atom. The number of ketones is 4. The Kier molecular flexibility index (Phi) is 18.9. The number of nitrogens with two attached hydrogens (primary N) is 2. The van der Waals surface area contributed by atoms with Crippen LogP contribution in [0.3, 0.4) is 0 Å². The minimum Gasteiger partial charge on any atom is -0.506 e. The van der Waals surface area contributed by atoms with Crippen LogP contribution >= 0.6 is 30.1 Å². The van der Waals surface area contributed by atoms with Crippen molar-refractivity contribution in [2.24, 2.45) is 0 Å². The van der Waals surface area contributed by atoms with Gasteiger partial charge in [0.1, 0.15) is 51.2 Å². The summed E-state index contributed by atoms with van der Waals surface area (Å²) in [6, 6.07) is 27.1. The van der Waals surface area contributed by atoms with Crippen molar-refractivity contribution in [1.29, 1.82) is 0 Å². The first-order valence-corrected chi connectivity index (χ1v) is 30.2. The zero-order chi connectivity index (χ0) is 55.7. The maximum Gasteiger partial charge on any atom is 0.643 e. The summed E-state index contributed by atoms with van der Waals surface area (Å²) in [5.74, 6) is 0.285. The van der Waals surface area contributed by atoms with Gasteiger partial charge in [-0.25, -0.2) is 45.1 Å². The van der Waals surface area contributed by atoms with E-state index in [2.05, 4.69) is 15.0 Å². The normalized spacial score (nSPS) is 16.8. The van der Waals surface area contributed by atoms with Gasteiger partial charge in [-0.3, -0.25) is 24.0 Å². The van der Waals surface area contributed by atoms with Crippen LogP contribution in [0.5, 0.6) is 11.5 Å². The largest absolute Gasteiger partial charge is 0.643 e. The number of aromatic hydroxyl groups is 2. The Morgan fingerprint density at radius 1 is 0.443 bits per heavy atom. The number of oxazole rings is 3. The molecule has 20 heteroatoms. The molecular formula is C59H65AlCl3N5O11. The van der Waals surface area contributed by atoms with Crippen LogP contribution in [0.1, 0.15) is 135 Å². The van der Waals surface area contributed by atoms with E-state index in [9.17, 15) is 34.2 Å². The molecule has 0 atom stereocenters. The summed E-state index contributed by atoms with van der Waals surface area (Å²) < 4.78 is 15.4. The van der Waals surface area contributed by atoms with Gasteiger partial charge in [0.25, 0.3) is 0 Å². The zero-order valence-corrected chi connectivity index (χ0v) is 46.2. The SMILES string of the molecule is C.C.CC(=O)C1(c2ccc(O)c(N)c2)CC1.CC(=O)C1(c2ccc(O)c(N)c2)CC1.CC(=O)C1(c2ccc3ocnc3c2)CC1.CC(=O)C1(c2ccc3ocnc3c2)CC1.O=C(O)C1(c2ccc3ocnc3c2)CC1.[Cl][Al]([Cl])[Cl]. The molecule has 5 aliphatic carbocycles. The van der Waals surface area contributed by atoms with Crippen LogP contribution in [0.25, 0.3) is 33.3 Å². The first kappa shape index (κ1) is 61.5. The summed E-state index contributed by atoms with van der Waals surface area (Å²) in [7, 11) is 14.8. The topological polar surface area (TPSA) is 276 Å². The molecule has 8 aromatic rings. The lowest BCUT2D eigenvalue weighted by molar-refractivity contribution is -0.140. The van der Waals surface area contributed by atoms with Crippen molar-refractivity contribution in [1.82, 2.24) is 15.0 Å². The van der Waals surface area contributed by atoms with Gasteiger partial charge in [0.2, 0.25) is 0 Å². The van der Waals surface area contributed by atoms with Crippen molar-refractivity contribution in [2.75, 3.05) is 11.5 Å². The number of carboxylic acids is 1. The number of Topliss-reactive ketones (excluding diaryl/α,β-unsaturated/α-hetero) is 4. The molecule has 16 nitrogen and oxygen atoms in total. The van der Waals surface area contributed by atoms with Gasteiger partial charge < -0.3 is 40.0 Å². The first-order valence-electron chi connectivity index (χ1n) is 24.9. The number of aromatic nitrogens is 3. The number of rotatable bonds is 10. The number of carbonyl (C=O) groups excluding carboxylic acids is 4. The van der Waals surface area contributed by atoms with Crippen molar-refractivity contribution < 1.29 is 52.5 Å². The quantitative estimate of drug-likeness (QED) is 0.0483. The van der Waals surface area contributed by atoms with Crippen LogP contribution < -0.4 is 11.5 Å². The lowest BCUT2D eigenvalue weighted by atomic mass is 9.92. The molecule has 3 aromatic heterocycles. The molecule has 5 fully saturated rings. The second-order valence-electron chi connectivity index (χ2n) is 20.3. The predicted octanol–water partition coefficient (Wildman–Crippen LogP) is 13.0. The van der Waals surface area contributed by atoms with Gasteiger partial charge >= 0.3 is 17.4 Å². The molecule has 416 valence electrons. The number of nitrogens with zero attached hydrogens (tertiary/aromatic N) is 3. The fourth-order valence-electron chi connectivity index (χ4n) is 9.80. The van der Waals surface area contributed by atoms with E-state index in [-0.39, 0.29) is 71.1 Å². The van der Waals surface area contributed by atoms with Gasteiger partial charge in [-0.05, 0) is 180 Å². The van der Waals surface area contributed by atoms with E-state index >= 15 is 0 Å². The van der Waals surface area contributed by atoms with E-state index in [0.29, 0.717) is 29.8 Å². The fraction of sp³-hybridized carbons (Fsp3) is 0.356. The number of phenolic OH excluding ortho intramolecular Hbond substituents is 2. The molecular weight excluding hydrogens is 1090 g/mol. The van der Waals surface area contributed by atoms with Gasteiger partial charge in [-0.2, -0.15) is 0 Å². The highest BCUT2D eigenvalue weighted by Gasteiger charge is 2.53. The van der Waals surface area contributed by atoms with Crippen LogP contribution in [0, 0.1) is 0 Å². The van der Waals surface area contributed by atoms with Crippen molar-refractivity contribution in [3.05, 3.63) is 138 Å². The Labute approximate surface area is 474 Å². The third kappa shape index (κ3) is 13.1. The van der Waals surface area contributed by atoms with Gasteiger partial charge in [0, 0.05) is 0 Å². The number of carbonyl (C=O) groups is 5. The minimum absolute atomic E-state index is 0. The third-order valence-corrected chi connectivity index (χ3v) is 15.7. The number of halogens is 3. The Balaban J connectivity index is 0.000000156. The van der Waals surface area contributed by atoms with Crippen LogP contribution in [0.15, 0.2) is 123 Å². The molecule has 0 radical (unpaired) electrons. The summed E-state index contributed by atoms with van der Waals surface area (Å²) in [5.41, 5.74) is 19.6. The summed E-state index contributed by atoms with van der Waals surface area (Å²) in [6.07, 6.45) is 13.1. The van der Waals surface area contributed by atoms with Gasteiger partial charge in [-0.1, -0.05) is 45.2 Å². The van der Waals surface area contributed by atoms with Crippen molar-refractivity contribution >= 4 is 115 Å². The molecule has 0 unspecified atom stereocenters. The highest BCUT2D eigenvalue weighted by atomic mass is 35.8. The van der Waals surface area contributed by atoms with Gasteiger partial charge in [0.05, 0.1) is 38.4 Å². The molecule has 0 bridgehead atoms. The predicted molar refractivity (Wildman–Crippen MR) is 309 cm³/mol. The second-order valence-corrected chi connectivity index (χ2v) is 26.8. The summed E-state index contributed by atoms with van der Waals surface area (Å²) >= 11 is -1.72. The average Bonchev–Trinajstić information content (AvgIpc) is 4.32. The molecule has 5 aliphatic rings. The summed E-state index contributed by atoms with van der Waals surface area (Å²) in [6.45, 7) is 6.55. The lowest BCUT2D eigenvalue weighted by Gasteiger charge is -2.12. The minimum atomic E-state index is -1.72. The van der Waals surface area contributed by atoms with Crippen LogP contribution in [0.2, 0.25) is 0 Å². The van der Waals surface area contributed by atoms with Crippen LogP contribution in [-0.2, 0) is 51.0 Å². The number of hydrogen-bond acceptors (Lipinski definition) is 15. The summed E-state index contributed by atoms with van der Waals surface area (Å²) in [4.78, 5) is 69.3. The number of hydrogen-bond donors (Lipinski definition) is 5. The average molecular weight is 1150 g/mol. The van der Waals surface area contributed by atoms with E-state index < -0.39 is 22.8 Å². The van der Waals surface area contributed by atoms with Crippen molar-refractivity contribution in [3.8, 4) is 11.5 Å². The van der Waals surface area contributed by atoms with Gasteiger partial charge in [0.15, 0.2) is 35.9 Å². The lowest BCUT2D eigenvalue weighted by Crippen LogP contribution is -2.19. The number of benzene rings is 5. The Morgan fingerprint density at radius 2 is 0.671 bits per heavy atom. The number of aliphatic carboxylic acids is 1. The molecule has 79 heavy (non-hydrogen) atoms. The molecule has 0 amide bonds. The maximum atomic E-state index is 11.6. The van der Waals surface area contributed by atoms with Gasteiger partial charge in [-0.15, -0.1) is 0 Å². The monoisotopic (exact) mass is 1150 g/mol. The number of nitrogen functional groups attached to an aromatic ring is 2. The smallest absolute Gasteiger partial charge is 0.506 e. The zero-order valence-electron chi connectivity index (χ0n) is 42.8. The second kappa shape index (κ2) is 24.3. The molecule has 0 saturated heterocycles. The molecule has 13 rings (SSSR count). The highest BCUT2D eigenvalue weighted by molar-refractivity contribution is 7.54. The number of phenols is 2. The van der Waals surface area contributed by atoms with Crippen molar-refractivity contribution in [3.63, 3.8) is 0 Å². The molecule has 7 N–H and O–H groups in total. The number of fused-ring (bicyclic) bond motifs is 3. The van der Waals surface area contributed by atoms with E-state index in [1.165, 1.54) is 19.2 Å². The molecule has 5 aromatic carbocycles. The maximum absolute atomic E-state index is 11.6. The Bertz CT molecular complexity index is 3220. The molecule has 0 spiro atoms. The summed E-state index contributed by atoms with van der Waals surface area (Å²) in [5, 5.41) is 27.7. The standard InChI is InChI=1S/2C12H11NO2.C11H9NO3.2C11H13NO2.2CH4.Al.3ClH/c2*1-8(14)12(4-5-12)9-2-3-11-10(6-9)13-7-15-11;13-10(14)11(3-4-11)7-1-2-9-8(5-7)12-6-15-9;2*1-7(13)11(4-5-11)8-2-3-10(14)9(12)6-8;;;;;;/h2*2-3,6-7H,4-5H2,1H3;1-2,5-6H,3-4H2,(H,13,14);2*2-3,6,14H,4-5,12H2,1H3;2*1H4;;3*1H/q;;;;;;;+3;;;/p-3. The fourth-order valence-corrected chi connectivity index (χ4v) is 9.80. The molecule has 3 heterocycles. The van der Waals surface area contributed by atoms with Crippen molar-refractivity contribution in [2.45, 2.75) is 134 Å². The van der Waals surface area contributed by atoms with Crippen LogP contribution in [-0.4, -0.2) is 70.8 Å². The number of carboxylic acid groups (broad SMARTS) is 1. The Hall–Kier alpha value is -6.74. The van der Waals surface area contributed by atoms with E-state index in [4.69, 9.17) is 60.0 Å². The van der Waals surface area contributed by atoms with E-state index in [0.717, 1.165) is 107 Å². The van der Waals surface area contributed by atoms with Crippen LogP contribution in [0.4, 0.5) is 11.4 Å². The van der Waals surface area contributed by atoms with E-state index in [1.54, 1.807) is 76.2 Å².